The molecule has 3 aliphatic rings. The Morgan fingerprint density at radius 1 is 0.786 bits per heavy atom. The second kappa shape index (κ2) is 14.8. The summed E-state index contributed by atoms with van der Waals surface area (Å²) in [4.78, 5) is 8.23. The minimum absolute atomic E-state index is 0.365. The van der Waals surface area contributed by atoms with Gasteiger partial charge in [-0.2, -0.15) is 0 Å². The number of rotatable bonds is 13. The van der Waals surface area contributed by atoms with Crippen LogP contribution >= 0.6 is 11.3 Å². The molecule has 1 aromatic heterocycles. The second-order valence-electron chi connectivity index (χ2n) is 12.6. The van der Waals surface area contributed by atoms with E-state index in [0.717, 1.165) is 44.0 Å². The number of methoxy groups -OCH3 is 3. The molecule has 230 valence electrons. The molecule has 1 saturated heterocycles. The van der Waals surface area contributed by atoms with Gasteiger partial charge in [0.05, 0.1) is 21.3 Å². The van der Waals surface area contributed by atoms with Crippen molar-refractivity contribution in [2.75, 3.05) is 54.1 Å². The van der Waals surface area contributed by atoms with E-state index < -0.39 is 0 Å². The van der Waals surface area contributed by atoms with Gasteiger partial charge in [-0.3, -0.25) is 4.90 Å². The third-order valence-corrected chi connectivity index (χ3v) is 10.1. The molecule has 0 spiro atoms. The first-order valence-electron chi connectivity index (χ1n) is 15.6. The summed E-state index contributed by atoms with van der Waals surface area (Å²) in [5, 5.41) is 2.91. The highest BCUT2D eigenvalue weighted by atomic mass is 32.1. The smallest absolute Gasteiger partial charge is 0.203 e. The molecule has 5 rings (SSSR count). The predicted molar refractivity (Wildman–Crippen MR) is 176 cm³/mol. The molecule has 0 N–H and O–H groups in total. The van der Waals surface area contributed by atoms with Crippen LogP contribution in [0.2, 0.25) is 0 Å². The van der Waals surface area contributed by atoms with Crippen molar-refractivity contribution < 1.29 is 14.2 Å². The number of piperazine rings is 1. The number of thiophene rings is 1. The van der Waals surface area contributed by atoms with Crippen molar-refractivity contribution in [1.29, 1.82) is 0 Å². The Balaban J connectivity index is 0.000000496. The Labute approximate surface area is 258 Å². The van der Waals surface area contributed by atoms with Crippen LogP contribution in [0.15, 0.2) is 36.4 Å². The molecular weight excluding hydrogens is 540 g/mol. The van der Waals surface area contributed by atoms with Gasteiger partial charge in [0.15, 0.2) is 11.5 Å². The van der Waals surface area contributed by atoms with Crippen LogP contribution in [0.5, 0.6) is 17.2 Å². The van der Waals surface area contributed by atoms with E-state index in [4.69, 9.17) is 14.2 Å². The molecule has 1 aromatic carbocycles. The van der Waals surface area contributed by atoms with Gasteiger partial charge in [-0.25, -0.2) is 0 Å². The molecule has 1 aliphatic heterocycles. The highest BCUT2D eigenvalue weighted by Gasteiger charge is 2.24. The average molecular weight is 593 g/mol. The van der Waals surface area contributed by atoms with Crippen LogP contribution in [-0.2, 0) is 19.4 Å². The summed E-state index contributed by atoms with van der Waals surface area (Å²) in [6, 6.07) is 13.0. The van der Waals surface area contributed by atoms with Crippen molar-refractivity contribution >= 4 is 11.3 Å². The number of hydrogen-bond donors (Lipinski definition) is 0. The quantitative estimate of drug-likeness (QED) is 0.158. The van der Waals surface area contributed by atoms with Crippen molar-refractivity contribution in [2.45, 2.75) is 73.3 Å². The van der Waals surface area contributed by atoms with Crippen LogP contribution in [0.1, 0.15) is 66.5 Å². The molecule has 0 radical (unpaired) electrons. The maximum absolute atomic E-state index is 5.68. The molecule has 0 bridgehead atoms. The van der Waals surface area contributed by atoms with Gasteiger partial charge >= 0.3 is 0 Å². The molecular formula is C36H52N2O3S. The minimum Gasteiger partial charge on any atom is -0.493 e. The minimum atomic E-state index is 0.365. The Morgan fingerprint density at radius 3 is 2.02 bits per heavy atom. The van der Waals surface area contributed by atoms with Gasteiger partial charge in [0.1, 0.15) is 0 Å². The van der Waals surface area contributed by atoms with Gasteiger partial charge in [-0.05, 0) is 85.2 Å². The maximum Gasteiger partial charge on any atom is 0.203 e. The number of aryl methyl sites for hydroxylation is 4. The van der Waals surface area contributed by atoms with Crippen LogP contribution in [-0.4, -0.2) is 63.9 Å². The van der Waals surface area contributed by atoms with E-state index in [0.29, 0.717) is 16.9 Å². The van der Waals surface area contributed by atoms with Crippen molar-refractivity contribution in [1.82, 2.24) is 9.80 Å². The third-order valence-electron chi connectivity index (χ3n) is 8.93. The fourth-order valence-corrected chi connectivity index (χ4v) is 7.14. The predicted octanol–water partition coefficient (Wildman–Crippen LogP) is 7.80. The first kappa shape index (κ1) is 32.4. The Morgan fingerprint density at radius 2 is 1.50 bits per heavy atom. The number of benzene rings is 2. The van der Waals surface area contributed by atoms with E-state index in [1.54, 1.807) is 31.8 Å². The summed E-state index contributed by atoms with van der Waals surface area (Å²) in [5.41, 5.74) is 4.53. The zero-order valence-electron chi connectivity index (χ0n) is 27.3. The summed E-state index contributed by atoms with van der Waals surface area (Å²) in [5.74, 6) is 2.15. The van der Waals surface area contributed by atoms with Crippen molar-refractivity contribution in [3.63, 3.8) is 0 Å². The zero-order chi connectivity index (χ0) is 30.3. The van der Waals surface area contributed by atoms with Gasteiger partial charge in [0.2, 0.25) is 5.75 Å². The lowest BCUT2D eigenvalue weighted by atomic mass is 9.83. The summed E-state index contributed by atoms with van der Waals surface area (Å²) in [6.45, 7) is 18.0. The zero-order valence-corrected chi connectivity index (χ0v) is 28.1. The van der Waals surface area contributed by atoms with E-state index >= 15 is 0 Å². The van der Waals surface area contributed by atoms with Crippen LogP contribution in [0.25, 0.3) is 0 Å². The van der Waals surface area contributed by atoms with Gasteiger partial charge < -0.3 is 19.1 Å². The molecule has 0 saturated carbocycles. The normalized spacial score (nSPS) is 14.8. The standard InChI is InChI=1S/C29H46N2O3S.C7H6/c1-8-9-25-20-23(22(2)35-25)12-13-29(3,4)14-15-30-16-18-31(19-17-30)21-24-10-11-26(32-5)28(34-7)27(24)33-6;1-5-4-6-2-3-7(5)6/h10-11,20H,8-9,12-19,21H2,1-7H3;2-4H,1H3. The van der Waals surface area contributed by atoms with Crippen LogP contribution < -0.4 is 14.2 Å². The Hall–Kier alpha value is -2.54. The third kappa shape index (κ3) is 8.09. The molecule has 42 heavy (non-hydrogen) atoms. The van der Waals surface area contributed by atoms with E-state index in [1.807, 2.05) is 17.4 Å². The number of nitrogens with zero attached hydrogens (tertiary/aromatic N) is 2. The van der Waals surface area contributed by atoms with Gasteiger partial charge in [0, 0.05) is 48.0 Å². The monoisotopic (exact) mass is 592 g/mol. The highest BCUT2D eigenvalue weighted by Crippen LogP contribution is 2.40. The van der Waals surface area contributed by atoms with Crippen molar-refractivity contribution in [3.05, 3.63) is 73.3 Å². The summed E-state index contributed by atoms with van der Waals surface area (Å²) in [7, 11) is 5.02. The molecule has 2 heterocycles. The molecule has 0 atom stereocenters. The lowest BCUT2D eigenvalue weighted by Crippen LogP contribution is -2.46. The fourth-order valence-electron chi connectivity index (χ4n) is 5.94. The summed E-state index contributed by atoms with van der Waals surface area (Å²) >= 11 is 2.00. The van der Waals surface area contributed by atoms with Gasteiger partial charge in [0.25, 0.3) is 0 Å². The molecule has 2 aromatic rings. The van der Waals surface area contributed by atoms with E-state index in [-0.39, 0.29) is 0 Å². The Bertz CT molecular complexity index is 1410. The summed E-state index contributed by atoms with van der Waals surface area (Å²) in [6.07, 6.45) is 6.18. The second-order valence-corrected chi connectivity index (χ2v) is 13.9. The highest BCUT2D eigenvalue weighted by molar-refractivity contribution is 7.12. The van der Waals surface area contributed by atoms with Gasteiger partial charge in [-0.1, -0.05) is 51.5 Å². The van der Waals surface area contributed by atoms with E-state index in [1.165, 1.54) is 59.5 Å². The fraction of sp³-hybridized carbons (Fsp3) is 0.556. The van der Waals surface area contributed by atoms with Crippen LogP contribution in [0, 0.1) is 29.7 Å². The van der Waals surface area contributed by atoms with E-state index in [9.17, 15) is 0 Å². The van der Waals surface area contributed by atoms with E-state index in [2.05, 4.69) is 74.8 Å². The molecule has 2 aliphatic carbocycles. The first-order chi connectivity index (χ1) is 20.2. The van der Waals surface area contributed by atoms with Crippen molar-refractivity contribution in [2.24, 2.45) is 5.41 Å². The lowest BCUT2D eigenvalue weighted by Gasteiger charge is -2.36. The van der Waals surface area contributed by atoms with Crippen LogP contribution in [0.4, 0.5) is 0 Å². The first-order valence-corrected chi connectivity index (χ1v) is 16.4. The number of hydrogen-bond acceptors (Lipinski definition) is 6. The Kier molecular flexibility index (Phi) is 11.4. The molecule has 5 nitrogen and oxygen atoms in total. The topological polar surface area (TPSA) is 34.2 Å². The van der Waals surface area contributed by atoms with Crippen LogP contribution in [0.3, 0.4) is 0 Å². The molecule has 0 amide bonds. The SMILES string of the molecule is CCCc1cc(CCC(C)(C)CCN2CCN(Cc3ccc(OC)c(OC)c3OC)CC2)c(C)s1.Cc1cc2ccc1=2. The summed E-state index contributed by atoms with van der Waals surface area (Å²) < 4.78 is 16.7. The maximum atomic E-state index is 5.68. The number of ether oxygens (including phenoxy) is 3. The molecule has 0 unspecified atom stereocenters. The molecule has 6 heteroatoms. The van der Waals surface area contributed by atoms with Gasteiger partial charge in [-0.15, -0.1) is 11.3 Å². The molecule has 1 fully saturated rings. The average Bonchev–Trinajstić information content (AvgIpc) is 3.33. The lowest BCUT2D eigenvalue weighted by molar-refractivity contribution is 0.112. The largest absolute Gasteiger partial charge is 0.493 e. The van der Waals surface area contributed by atoms with Crippen molar-refractivity contribution in [3.8, 4) is 17.2 Å².